The van der Waals surface area contributed by atoms with Crippen molar-refractivity contribution >= 4 is 38.8 Å². The van der Waals surface area contributed by atoms with Gasteiger partial charge in [-0.05, 0) is 12.8 Å². The standard InChI is InChI=1S/C9H9N5OS2/c10-8-14-13-7(17-8)6(15)12-9-11-5(3-16-9)4-1-2-4/h3-4H,1-2H2,(H2,10,14)(H,11,12,15). The second-order valence-electron chi connectivity index (χ2n) is 3.75. The van der Waals surface area contributed by atoms with Gasteiger partial charge in [-0.1, -0.05) is 11.3 Å². The number of hydrogen-bond donors (Lipinski definition) is 2. The molecule has 1 fully saturated rings. The molecule has 8 heteroatoms. The minimum Gasteiger partial charge on any atom is -0.374 e. The number of carbonyl (C=O) groups is 1. The van der Waals surface area contributed by atoms with Crippen LogP contribution < -0.4 is 11.1 Å². The maximum Gasteiger partial charge on any atom is 0.288 e. The fraction of sp³-hybridized carbons (Fsp3) is 0.333. The monoisotopic (exact) mass is 267 g/mol. The highest BCUT2D eigenvalue weighted by atomic mass is 32.1. The normalized spacial score (nSPS) is 14.8. The quantitative estimate of drug-likeness (QED) is 0.882. The third-order valence-corrected chi connectivity index (χ3v) is 3.90. The van der Waals surface area contributed by atoms with Crippen molar-refractivity contribution < 1.29 is 4.79 Å². The Hall–Kier alpha value is -1.54. The summed E-state index contributed by atoms with van der Waals surface area (Å²) in [6, 6.07) is 0. The summed E-state index contributed by atoms with van der Waals surface area (Å²) in [5, 5.41) is 13.1. The maximum atomic E-state index is 11.7. The van der Waals surface area contributed by atoms with E-state index in [4.69, 9.17) is 5.73 Å². The minimum absolute atomic E-state index is 0.255. The summed E-state index contributed by atoms with van der Waals surface area (Å²) >= 11 is 2.49. The number of hydrogen-bond acceptors (Lipinski definition) is 7. The predicted octanol–water partition coefficient (Wildman–Crippen LogP) is 1.71. The Bertz CT molecular complexity index is 559. The van der Waals surface area contributed by atoms with Crippen LogP contribution in [0.5, 0.6) is 0 Å². The van der Waals surface area contributed by atoms with E-state index < -0.39 is 0 Å². The van der Waals surface area contributed by atoms with Crippen molar-refractivity contribution in [2.75, 3.05) is 11.1 Å². The molecule has 1 aliphatic rings. The first-order valence-corrected chi connectivity index (χ1v) is 6.78. The molecule has 0 atom stereocenters. The van der Waals surface area contributed by atoms with E-state index in [9.17, 15) is 4.79 Å². The van der Waals surface area contributed by atoms with Crippen LogP contribution in [-0.2, 0) is 0 Å². The van der Waals surface area contributed by atoms with Gasteiger partial charge >= 0.3 is 0 Å². The molecule has 0 aliphatic heterocycles. The highest BCUT2D eigenvalue weighted by Crippen LogP contribution is 2.40. The molecule has 0 bridgehead atoms. The average Bonchev–Trinajstić information content (AvgIpc) is 2.90. The lowest BCUT2D eigenvalue weighted by molar-refractivity contribution is 0.102. The molecule has 0 aromatic carbocycles. The van der Waals surface area contributed by atoms with Gasteiger partial charge in [-0.2, -0.15) is 0 Å². The number of nitrogens with zero attached hydrogens (tertiary/aromatic N) is 3. The molecule has 88 valence electrons. The third-order valence-electron chi connectivity index (χ3n) is 2.37. The third kappa shape index (κ3) is 2.27. The van der Waals surface area contributed by atoms with Gasteiger partial charge in [0.1, 0.15) is 0 Å². The van der Waals surface area contributed by atoms with Gasteiger partial charge in [-0.25, -0.2) is 4.98 Å². The fourth-order valence-electron chi connectivity index (χ4n) is 1.39. The van der Waals surface area contributed by atoms with E-state index in [0.717, 1.165) is 17.0 Å². The van der Waals surface area contributed by atoms with Crippen molar-refractivity contribution in [3.05, 3.63) is 16.1 Å². The summed E-state index contributed by atoms with van der Waals surface area (Å²) in [7, 11) is 0. The summed E-state index contributed by atoms with van der Waals surface area (Å²) < 4.78 is 0. The van der Waals surface area contributed by atoms with Crippen molar-refractivity contribution in [1.82, 2.24) is 15.2 Å². The Morgan fingerprint density at radius 2 is 2.29 bits per heavy atom. The number of amides is 1. The molecule has 1 aliphatic carbocycles. The van der Waals surface area contributed by atoms with Gasteiger partial charge in [-0.3, -0.25) is 10.1 Å². The van der Waals surface area contributed by atoms with E-state index in [-0.39, 0.29) is 16.0 Å². The molecule has 1 amide bonds. The van der Waals surface area contributed by atoms with Gasteiger partial charge in [0.15, 0.2) is 5.13 Å². The van der Waals surface area contributed by atoms with Crippen LogP contribution in [0.3, 0.4) is 0 Å². The zero-order valence-electron chi connectivity index (χ0n) is 8.71. The van der Waals surface area contributed by atoms with Crippen LogP contribution >= 0.6 is 22.7 Å². The van der Waals surface area contributed by atoms with E-state index in [2.05, 4.69) is 20.5 Å². The van der Waals surface area contributed by atoms with Crippen LogP contribution in [0, 0.1) is 0 Å². The highest BCUT2D eigenvalue weighted by molar-refractivity contribution is 7.17. The topological polar surface area (TPSA) is 93.8 Å². The van der Waals surface area contributed by atoms with Crippen LogP contribution in [0.2, 0.25) is 0 Å². The number of nitrogens with two attached hydrogens (primary N) is 1. The molecule has 1 saturated carbocycles. The number of nitrogens with one attached hydrogen (secondary N) is 1. The Kier molecular flexibility index (Phi) is 2.52. The number of anilines is 2. The largest absolute Gasteiger partial charge is 0.374 e. The molecular weight excluding hydrogens is 258 g/mol. The average molecular weight is 267 g/mol. The SMILES string of the molecule is Nc1nnc(C(=O)Nc2nc(C3CC3)cs2)s1. The zero-order chi connectivity index (χ0) is 11.8. The molecule has 0 spiro atoms. The van der Waals surface area contributed by atoms with Crippen molar-refractivity contribution in [1.29, 1.82) is 0 Å². The molecule has 17 heavy (non-hydrogen) atoms. The number of aromatic nitrogens is 3. The van der Waals surface area contributed by atoms with Gasteiger partial charge in [0.25, 0.3) is 5.91 Å². The summed E-state index contributed by atoms with van der Waals surface area (Å²) in [6.07, 6.45) is 2.40. The number of thiazole rings is 1. The number of nitrogen functional groups attached to an aromatic ring is 1. The van der Waals surface area contributed by atoms with E-state index in [1.807, 2.05) is 5.38 Å². The lowest BCUT2D eigenvalue weighted by atomic mass is 10.3. The van der Waals surface area contributed by atoms with Gasteiger partial charge < -0.3 is 5.73 Å². The minimum atomic E-state index is -0.309. The second kappa shape index (κ2) is 4.04. The smallest absolute Gasteiger partial charge is 0.288 e. The molecule has 2 aromatic heterocycles. The molecule has 3 N–H and O–H groups in total. The summed E-state index contributed by atoms with van der Waals surface area (Å²) in [4.78, 5) is 16.1. The van der Waals surface area contributed by atoms with E-state index in [0.29, 0.717) is 11.0 Å². The molecule has 2 aromatic rings. The van der Waals surface area contributed by atoms with Gasteiger partial charge in [0, 0.05) is 11.3 Å². The van der Waals surface area contributed by atoms with Crippen LogP contribution in [0.25, 0.3) is 0 Å². The van der Waals surface area contributed by atoms with Crippen LogP contribution in [0.4, 0.5) is 10.3 Å². The highest BCUT2D eigenvalue weighted by Gasteiger charge is 2.26. The maximum absolute atomic E-state index is 11.7. The summed E-state index contributed by atoms with van der Waals surface area (Å²) in [5.74, 6) is 0.282. The first-order chi connectivity index (χ1) is 8.22. The molecule has 0 unspecified atom stereocenters. The molecule has 3 rings (SSSR count). The zero-order valence-corrected chi connectivity index (χ0v) is 10.3. The van der Waals surface area contributed by atoms with Crippen molar-refractivity contribution in [2.24, 2.45) is 0 Å². The first-order valence-electron chi connectivity index (χ1n) is 5.08. The molecule has 0 saturated heterocycles. The van der Waals surface area contributed by atoms with Crippen molar-refractivity contribution in [3.63, 3.8) is 0 Å². The van der Waals surface area contributed by atoms with Crippen LogP contribution in [-0.4, -0.2) is 21.1 Å². The fourth-order valence-corrected chi connectivity index (χ4v) is 2.68. The summed E-state index contributed by atoms with van der Waals surface area (Å²) in [6.45, 7) is 0. The van der Waals surface area contributed by atoms with Crippen molar-refractivity contribution in [2.45, 2.75) is 18.8 Å². The Labute approximate surface area is 105 Å². The number of carbonyl (C=O) groups excluding carboxylic acids is 1. The first kappa shape index (κ1) is 10.6. The lowest BCUT2D eigenvalue weighted by Gasteiger charge is -1.95. The van der Waals surface area contributed by atoms with Crippen molar-refractivity contribution in [3.8, 4) is 0 Å². The summed E-state index contributed by atoms with van der Waals surface area (Å²) in [5.41, 5.74) is 6.49. The lowest BCUT2D eigenvalue weighted by Crippen LogP contribution is -2.11. The van der Waals surface area contributed by atoms with E-state index in [1.165, 1.54) is 24.2 Å². The van der Waals surface area contributed by atoms with Gasteiger partial charge in [-0.15, -0.1) is 21.5 Å². The molecule has 6 nitrogen and oxygen atoms in total. The van der Waals surface area contributed by atoms with E-state index in [1.54, 1.807) is 0 Å². The number of rotatable bonds is 3. The second-order valence-corrected chi connectivity index (χ2v) is 5.62. The van der Waals surface area contributed by atoms with Crippen LogP contribution in [0.1, 0.15) is 34.3 Å². The van der Waals surface area contributed by atoms with Gasteiger partial charge in [0.2, 0.25) is 10.1 Å². The van der Waals surface area contributed by atoms with E-state index >= 15 is 0 Å². The Morgan fingerprint density at radius 1 is 1.47 bits per heavy atom. The Morgan fingerprint density at radius 3 is 2.94 bits per heavy atom. The Balaban J connectivity index is 1.71. The van der Waals surface area contributed by atoms with Gasteiger partial charge in [0.05, 0.1) is 5.69 Å². The molecule has 0 radical (unpaired) electrons. The molecular formula is C9H9N5OS2. The van der Waals surface area contributed by atoms with Crippen LogP contribution in [0.15, 0.2) is 5.38 Å². The predicted molar refractivity (Wildman–Crippen MR) is 66.4 cm³/mol. The molecule has 2 heterocycles.